The lowest BCUT2D eigenvalue weighted by atomic mass is 9.77. The van der Waals surface area contributed by atoms with Gasteiger partial charge in [0, 0.05) is 11.8 Å². The highest BCUT2D eigenvalue weighted by Crippen LogP contribution is 2.38. The lowest BCUT2D eigenvalue weighted by Gasteiger charge is -2.28. The Balaban J connectivity index is 1.54. The van der Waals surface area contributed by atoms with E-state index in [1.165, 1.54) is 76.2 Å². The Morgan fingerprint density at radius 1 is 0.867 bits per heavy atom. The Labute approximate surface area is 183 Å². The molecule has 0 amide bonds. The van der Waals surface area contributed by atoms with Gasteiger partial charge in [-0.25, -0.2) is 4.39 Å². The first-order valence-corrected chi connectivity index (χ1v) is 12.5. The fourth-order valence-corrected chi connectivity index (χ4v) is 4.94. The molecule has 0 bridgehead atoms. The average Bonchev–Trinajstić information content (AvgIpc) is 2.78. The highest BCUT2D eigenvalue weighted by molar-refractivity contribution is 5.60. The molecule has 1 aliphatic carbocycles. The van der Waals surface area contributed by atoms with Crippen molar-refractivity contribution in [2.45, 2.75) is 103 Å². The van der Waals surface area contributed by atoms with Crippen molar-refractivity contribution >= 4 is 0 Å². The fraction of sp³-hybridized carbons (Fsp3) is 0.607. The van der Waals surface area contributed by atoms with Crippen LogP contribution in [0.5, 0.6) is 0 Å². The largest absolute Gasteiger partial charge is 0.256 e. The van der Waals surface area contributed by atoms with E-state index in [1.54, 1.807) is 6.07 Å². The van der Waals surface area contributed by atoms with Crippen molar-refractivity contribution in [3.05, 3.63) is 53.5 Å². The summed E-state index contributed by atoms with van der Waals surface area (Å²) in [7, 11) is 0. The second-order valence-electron chi connectivity index (χ2n) is 9.32. The maximum atomic E-state index is 14.7. The first kappa shape index (κ1) is 23.0. The van der Waals surface area contributed by atoms with E-state index in [2.05, 4.69) is 31.0 Å². The summed E-state index contributed by atoms with van der Waals surface area (Å²) < 4.78 is 14.7. The number of aryl methyl sites for hydroxylation is 1. The summed E-state index contributed by atoms with van der Waals surface area (Å²) in [5.74, 6) is 1.41. The van der Waals surface area contributed by atoms with Gasteiger partial charge >= 0.3 is 0 Å². The van der Waals surface area contributed by atoms with E-state index in [0.29, 0.717) is 11.5 Å². The first-order chi connectivity index (χ1) is 14.7. The smallest absolute Gasteiger partial charge is 0.132 e. The molecule has 0 radical (unpaired) electrons. The highest BCUT2D eigenvalue weighted by Gasteiger charge is 2.22. The predicted molar refractivity (Wildman–Crippen MR) is 126 cm³/mol. The number of halogens is 1. The molecule has 0 unspecified atom stereocenters. The molecule has 164 valence electrons. The van der Waals surface area contributed by atoms with Crippen molar-refractivity contribution in [1.82, 2.24) is 4.98 Å². The van der Waals surface area contributed by atoms with Crippen molar-refractivity contribution in [3.63, 3.8) is 0 Å². The minimum atomic E-state index is -0.141. The van der Waals surface area contributed by atoms with Crippen molar-refractivity contribution in [1.29, 1.82) is 0 Å². The molecule has 0 atom stereocenters. The first-order valence-electron chi connectivity index (χ1n) is 12.5. The van der Waals surface area contributed by atoms with E-state index in [0.717, 1.165) is 30.0 Å². The normalized spacial score (nSPS) is 19.2. The number of hydrogen-bond donors (Lipinski definition) is 0. The van der Waals surface area contributed by atoms with Crippen LogP contribution in [0.1, 0.15) is 108 Å². The van der Waals surface area contributed by atoms with Gasteiger partial charge in [-0.1, -0.05) is 70.9 Å². The van der Waals surface area contributed by atoms with Gasteiger partial charge in [-0.05, 0) is 79.7 Å². The SMILES string of the molecule is CCCCCCCc1ccc(-c2ccc([C@H]3CC[C@H](CCCC)CC3)cn2)c(F)c1. The Morgan fingerprint density at radius 2 is 1.63 bits per heavy atom. The molecule has 0 spiro atoms. The van der Waals surface area contributed by atoms with Crippen LogP contribution in [0.25, 0.3) is 11.3 Å². The number of benzene rings is 1. The van der Waals surface area contributed by atoms with Crippen LogP contribution in [0.15, 0.2) is 36.5 Å². The molecular weight excluding hydrogens is 369 g/mol. The minimum absolute atomic E-state index is 0.141. The van der Waals surface area contributed by atoms with E-state index in [1.807, 2.05) is 18.3 Å². The Hall–Kier alpha value is -1.70. The van der Waals surface area contributed by atoms with Gasteiger partial charge in [0.25, 0.3) is 0 Å². The molecule has 0 aliphatic heterocycles. The molecule has 3 rings (SSSR count). The molecule has 0 N–H and O–H groups in total. The van der Waals surface area contributed by atoms with Crippen LogP contribution in [0, 0.1) is 11.7 Å². The lowest BCUT2D eigenvalue weighted by molar-refractivity contribution is 0.304. The number of unbranched alkanes of at least 4 members (excludes halogenated alkanes) is 5. The summed E-state index contributed by atoms with van der Waals surface area (Å²) in [4.78, 5) is 4.64. The maximum absolute atomic E-state index is 14.7. The highest BCUT2D eigenvalue weighted by atomic mass is 19.1. The molecule has 1 heterocycles. The average molecular weight is 410 g/mol. The van der Waals surface area contributed by atoms with Crippen LogP contribution < -0.4 is 0 Å². The van der Waals surface area contributed by atoms with Crippen LogP contribution in [-0.2, 0) is 6.42 Å². The van der Waals surface area contributed by atoms with Gasteiger partial charge in [0.15, 0.2) is 0 Å². The van der Waals surface area contributed by atoms with Gasteiger partial charge in [-0.3, -0.25) is 4.98 Å². The van der Waals surface area contributed by atoms with Crippen molar-refractivity contribution in [3.8, 4) is 11.3 Å². The number of aromatic nitrogens is 1. The molecule has 1 fully saturated rings. The number of hydrogen-bond acceptors (Lipinski definition) is 1. The third kappa shape index (κ3) is 6.65. The zero-order valence-electron chi connectivity index (χ0n) is 19.1. The summed E-state index contributed by atoms with van der Waals surface area (Å²) in [5.41, 5.74) is 3.81. The second-order valence-corrected chi connectivity index (χ2v) is 9.32. The molecular formula is C28H40FN. The molecule has 1 nitrogen and oxygen atoms in total. The minimum Gasteiger partial charge on any atom is -0.256 e. The van der Waals surface area contributed by atoms with Gasteiger partial charge in [-0.2, -0.15) is 0 Å². The molecule has 2 aromatic rings. The summed E-state index contributed by atoms with van der Waals surface area (Å²) in [6, 6.07) is 9.90. The van der Waals surface area contributed by atoms with E-state index in [4.69, 9.17) is 0 Å². The monoisotopic (exact) mass is 409 g/mol. The molecule has 2 heteroatoms. The summed E-state index contributed by atoms with van der Waals surface area (Å²) >= 11 is 0. The Kier molecular flexibility index (Phi) is 9.36. The molecule has 0 saturated heterocycles. The quantitative estimate of drug-likeness (QED) is 0.338. The van der Waals surface area contributed by atoms with Gasteiger partial charge in [0.1, 0.15) is 5.82 Å². The predicted octanol–water partition coefficient (Wildman–Crippen LogP) is 8.86. The number of rotatable bonds is 11. The number of nitrogens with zero attached hydrogens (tertiary/aromatic N) is 1. The van der Waals surface area contributed by atoms with Crippen LogP contribution in [0.3, 0.4) is 0 Å². The Morgan fingerprint density at radius 3 is 2.30 bits per heavy atom. The molecule has 1 aromatic heterocycles. The Bertz CT molecular complexity index is 744. The van der Waals surface area contributed by atoms with Crippen LogP contribution >= 0.6 is 0 Å². The topological polar surface area (TPSA) is 12.9 Å². The third-order valence-corrected chi connectivity index (χ3v) is 6.95. The van der Waals surface area contributed by atoms with Gasteiger partial charge in [0.05, 0.1) is 5.69 Å². The van der Waals surface area contributed by atoms with Gasteiger partial charge in [0.2, 0.25) is 0 Å². The maximum Gasteiger partial charge on any atom is 0.132 e. The van der Waals surface area contributed by atoms with E-state index in [-0.39, 0.29) is 5.82 Å². The number of pyridine rings is 1. The van der Waals surface area contributed by atoms with E-state index < -0.39 is 0 Å². The summed E-state index contributed by atoms with van der Waals surface area (Å²) in [6.45, 7) is 4.51. The van der Waals surface area contributed by atoms with Crippen molar-refractivity contribution < 1.29 is 4.39 Å². The fourth-order valence-electron chi connectivity index (χ4n) is 4.94. The van der Waals surface area contributed by atoms with E-state index in [9.17, 15) is 4.39 Å². The van der Waals surface area contributed by atoms with Crippen LogP contribution in [0.2, 0.25) is 0 Å². The molecule has 1 aromatic carbocycles. The van der Waals surface area contributed by atoms with Gasteiger partial charge in [-0.15, -0.1) is 0 Å². The molecule has 30 heavy (non-hydrogen) atoms. The van der Waals surface area contributed by atoms with E-state index >= 15 is 0 Å². The zero-order valence-corrected chi connectivity index (χ0v) is 19.1. The van der Waals surface area contributed by atoms with Gasteiger partial charge < -0.3 is 0 Å². The van der Waals surface area contributed by atoms with Crippen molar-refractivity contribution in [2.24, 2.45) is 5.92 Å². The lowest BCUT2D eigenvalue weighted by Crippen LogP contribution is -2.13. The standard InChI is InChI=1S/C28H40FN/c1-3-5-7-8-9-11-23-14-18-26(27(29)20-23)28-19-17-25(21-30-28)24-15-12-22(13-16-24)10-6-4-2/h14,17-22,24H,3-13,15-16H2,1-2H3/t22-,24-. The third-order valence-electron chi connectivity index (χ3n) is 6.95. The second kappa shape index (κ2) is 12.2. The molecule has 1 aliphatic rings. The summed E-state index contributed by atoms with van der Waals surface area (Å²) in [6.07, 6.45) is 18.5. The van der Waals surface area contributed by atoms with Crippen LogP contribution in [-0.4, -0.2) is 4.98 Å². The summed E-state index contributed by atoms with van der Waals surface area (Å²) in [5, 5.41) is 0. The zero-order chi connectivity index (χ0) is 21.2. The van der Waals surface area contributed by atoms with Crippen molar-refractivity contribution in [2.75, 3.05) is 0 Å². The van der Waals surface area contributed by atoms with Crippen LogP contribution in [0.4, 0.5) is 4.39 Å². The molecule has 1 saturated carbocycles.